The highest BCUT2D eigenvalue weighted by atomic mass is 32.2. The van der Waals surface area contributed by atoms with E-state index in [0.29, 0.717) is 4.90 Å². The fourth-order valence-corrected chi connectivity index (χ4v) is 4.96. The molecule has 3 atom stereocenters. The van der Waals surface area contributed by atoms with Gasteiger partial charge in [0.05, 0.1) is 10.1 Å². The molecule has 1 aromatic rings. The summed E-state index contributed by atoms with van der Waals surface area (Å²) < 4.78 is 25.1. The molecule has 0 radical (unpaired) electrons. The third kappa shape index (κ3) is 1.49. The Bertz CT molecular complexity index is 584. The van der Waals surface area contributed by atoms with Gasteiger partial charge in [-0.25, -0.2) is 8.42 Å². The molecule has 3 heteroatoms. The molecule has 2 bridgehead atoms. The van der Waals surface area contributed by atoms with Gasteiger partial charge in [0.25, 0.3) is 0 Å². The third-order valence-electron chi connectivity index (χ3n) is 3.75. The number of fused-ring (bicyclic) bond motifs is 2. The van der Waals surface area contributed by atoms with Gasteiger partial charge in [-0.15, -0.1) is 0 Å². The third-order valence-corrected chi connectivity index (χ3v) is 6.00. The minimum Gasteiger partial charge on any atom is -0.223 e. The van der Waals surface area contributed by atoms with Gasteiger partial charge in [0.1, 0.15) is 0 Å². The number of benzene rings is 1. The topological polar surface area (TPSA) is 34.1 Å². The molecule has 0 amide bonds. The molecule has 2 nitrogen and oxygen atoms in total. The van der Waals surface area contributed by atoms with E-state index in [-0.39, 0.29) is 11.8 Å². The van der Waals surface area contributed by atoms with Crippen molar-refractivity contribution < 1.29 is 8.42 Å². The Balaban J connectivity index is 2.06. The van der Waals surface area contributed by atoms with Crippen molar-refractivity contribution in [2.75, 3.05) is 0 Å². The van der Waals surface area contributed by atoms with Crippen LogP contribution in [0.5, 0.6) is 0 Å². The highest BCUT2D eigenvalue weighted by Gasteiger charge is 2.46. The highest BCUT2D eigenvalue weighted by molar-refractivity contribution is 7.92. The van der Waals surface area contributed by atoms with E-state index >= 15 is 0 Å². The van der Waals surface area contributed by atoms with E-state index in [1.165, 1.54) is 0 Å². The van der Waals surface area contributed by atoms with Gasteiger partial charge in [-0.3, -0.25) is 0 Å². The van der Waals surface area contributed by atoms with Crippen molar-refractivity contribution >= 4 is 9.84 Å². The lowest BCUT2D eigenvalue weighted by Gasteiger charge is -2.20. The van der Waals surface area contributed by atoms with E-state index in [1.54, 1.807) is 24.3 Å². The van der Waals surface area contributed by atoms with Gasteiger partial charge in [0, 0.05) is 0 Å². The standard InChI is InChI=1S/C14H14O2S/c1-10-11-7-8-12(9-11)14(10)17(15,16)13-5-3-2-4-6-13/h2-8,11-12,14H,1,9H2/t11-,12+,14?/m0/s1. The summed E-state index contributed by atoms with van der Waals surface area (Å²) in [5, 5.41) is -0.417. The maximum absolute atomic E-state index is 12.5. The summed E-state index contributed by atoms with van der Waals surface area (Å²) in [4.78, 5) is 0.409. The van der Waals surface area contributed by atoms with Gasteiger partial charge in [-0.2, -0.15) is 0 Å². The van der Waals surface area contributed by atoms with Gasteiger partial charge < -0.3 is 0 Å². The monoisotopic (exact) mass is 246 g/mol. The molecule has 2 aliphatic carbocycles. The van der Waals surface area contributed by atoms with E-state index in [9.17, 15) is 8.42 Å². The summed E-state index contributed by atoms with van der Waals surface area (Å²) in [5.74, 6) is 0.390. The number of hydrogen-bond acceptors (Lipinski definition) is 2. The van der Waals surface area contributed by atoms with Crippen molar-refractivity contribution in [1.82, 2.24) is 0 Å². The number of hydrogen-bond donors (Lipinski definition) is 0. The van der Waals surface area contributed by atoms with Gasteiger partial charge in [0.2, 0.25) is 0 Å². The van der Waals surface area contributed by atoms with Crippen LogP contribution in [0.25, 0.3) is 0 Å². The Morgan fingerprint density at radius 2 is 1.82 bits per heavy atom. The molecule has 3 rings (SSSR count). The van der Waals surface area contributed by atoms with Crippen molar-refractivity contribution in [3.63, 3.8) is 0 Å². The van der Waals surface area contributed by atoms with Gasteiger partial charge in [-0.05, 0) is 30.4 Å². The fraction of sp³-hybridized carbons (Fsp3) is 0.286. The minimum atomic E-state index is -3.27. The van der Waals surface area contributed by atoms with Gasteiger partial charge >= 0.3 is 0 Å². The molecule has 2 aliphatic rings. The van der Waals surface area contributed by atoms with Crippen molar-refractivity contribution in [3.05, 3.63) is 54.6 Å². The summed E-state index contributed by atoms with van der Waals surface area (Å²) in [7, 11) is -3.27. The smallest absolute Gasteiger partial charge is 0.185 e. The Kier molecular flexibility index (Phi) is 2.26. The average molecular weight is 246 g/mol. The second kappa shape index (κ2) is 3.57. The molecule has 1 saturated carbocycles. The molecule has 0 aromatic heterocycles. The number of rotatable bonds is 2. The first-order valence-corrected chi connectivity index (χ1v) is 7.31. The Morgan fingerprint density at radius 3 is 2.41 bits per heavy atom. The lowest BCUT2D eigenvalue weighted by Crippen LogP contribution is -2.27. The Morgan fingerprint density at radius 1 is 1.12 bits per heavy atom. The SMILES string of the molecule is C=C1C(S(=O)(=O)c2ccccc2)[C@@H]2C=C[C@H]1C2. The second-order valence-electron chi connectivity index (χ2n) is 4.74. The summed E-state index contributed by atoms with van der Waals surface area (Å²) >= 11 is 0. The number of sulfone groups is 1. The summed E-state index contributed by atoms with van der Waals surface area (Å²) in [6.07, 6.45) is 5.03. The molecule has 0 aliphatic heterocycles. The lowest BCUT2D eigenvalue weighted by atomic mass is 10.0. The average Bonchev–Trinajstić information content (AvgIpc) is 2.90. The molecule has 1 unspecified atom stereocenters. The maximum atomic E-state index is 12.5. The van der Waals surface area contributed by atoms with Crippen LogP contribution < -0.4 is 0 Å². The predicted octanol–water partition coefficient (Wildman–Crippen LogP) is 2.59. The molecular formula is C14H14O2S. The van der Waals surface area contributed by atoms with Crippen LogP contribution in [0, 0.1) is 11.8 Å². The highest BCUT2D eigenvalue weighted by Crippen LogP contribution is 2.47. The molecule has 0 spiro atoms. The molecule has 88 valence electrons. The molecule has 1 aromatic carbocycles. The lowest BCUT2D eigenvalue weighted by molar-refractivity contribution is 0.573. The van der Waals surface area contributed by atoms with E-state index in [4.69, 9.17) is 0 Å². The van der Waals surface area contributed by atoms with Gasteiger partial charge in [0.15, 0.2) is 9.84 Å². The number of allylic oxidation sites excluding steroid dienone is 2. The Hall–Kier alpha value is -1.35. The van der Waals surface area contributed by atoms with Crippen molar-refractivity contribution in [2.24, 2.45) is 11.8 Å². The quantitative estimate of drug-likeness (QED) is 0.752. The fourth-order valence-electron chi connectivity index (χ4n) is 2.90. The molecule has 0 heterocycles. The molecule has 1 fully saturated rings. The van der Waals surface area contributed by atoms with Crippen LogP contribution in [0.3, 0.4) is 0 Å². The zero-order chi connectivity index (χ0) is 12.0. The predicted molar refractivity (Wildman–Crippen MR) is 67.3 cm³/mol. The van der Waals surface area contributed by atoms with Crippen molar-refractivity contribution in [3.8, 4) is 0 Å². The van der Waals surface area contributed by atoms with Crippen molar-refractivity contribution in [1.29, 1.82) is 0 Å². The first-order chi connectivity index (χ1) is 8.10. The summed E-state index contributed by atoms with van der Waals surface area (Å²) in [5.41, 5.74) is 0.862. The first kappa shape index (κ1) is 10.8. The Labute approximate surface area is 102 Å². The van der Waals surface area contributed by atoms with Crippen LogP contribution in [-0.4, -0.2) is 13.7 Å². The molecule has 0 saturated heterocycles. The van der Waals surface area contributed by atoms with Crippen LogP contribution in [0.4, 0.5) is 0 Å². The van der Waals surface area contributed by atoms with E-state index in [2.05, 4.69) is 12.7 Å². The molecular weight excluding hydrogens is 232 g/mol. The normalized spacial score (nSPS) is 31.1. The van der Waals surface area contributed by atoms with Gasteiger partial charge in [-0.1, -0.05) is 42.5 Å². The van der Waals surface area contributed by atoms with Crippen LogP contribution in [0.2, 0.25) is 0 Å². The van der Waals surface area contributed by atoms with E-state index in [0.717, 1.165) is 12.0 Å². The minimum absolute atomic E-state index is 0.123. The van der Waals surface area contributed by atoms with Crippen LogP contribution >= 0.6 is 0 Å². The summed E-state index contributed by atoms with van der Waals surface area (Å²) in [6, 6.07) is 8.68. The zero-order valence-corrected chi connectivity index (χ0v) is 10.2. The first-order valence-electron chi connectivity index (χ1n) is 5.76. The second-order valence-corrected chi connectivity index (χ2v) is 6.81. The van der Waals surface area contributed by atoms with Crippen molar-refractivity contribution in [2.45, 2.75) is 16.6 Å². The summed E-state index contributed by atoms with van der Waals surface area (Å²) in [6.45, 7) is 3.98. The van der Waals surface area contributed by atoms with Crippen LogP contribution in [-0.2, 0) is 9.84 Å². The van der Waals surface area contributed by atoms with E-state index in [1.807, 2.05) is 12.1 Å². The van der Waals surface area contributed by atoms with Crippen LogP contribution in [0.15, 0.2) is 59.5 Å². The van der Waals surface area contributed by atoms with E-state index < -0.39 is 15.1 Å². The largest absolute Gasteiger partial charge is 0.223 e. The maximum Gasteiger partial charge on any atom is 0.185 e. The van der Waals surface area contributed by atoms with Crippen LogP contribution in [0.1, 0.15) is 6.42 Å². The zero-order valence-electron chi connectivity index (χ0n) is 9.41. The molecule has 17 heavy (non-hydrogen) atoms. The molecule has 0 N–H and O–H groups in total.